The fourth-order valence-corrected chi connectivity index (χ4v) is 3.70. The van der Waals surface area contributed by atoms with Crippen molar-refractivity contribution in [2.24, 2.45) is 5.73 Å². The van der Waals surface area contributed by atoms with E-state index >= 15 is 0 Å². The largest absolute Gasteiger partial charge is 0.460 e. The summed E-state index contributed by atoms with van der Waals surface area (Å²) in [5.41, 5.74) is 4.99. The minimum atomic E-state index is -4.91. The molecule has 1 aromatic carbocycles. The van der Waals surface area contributed by atoms with Gasteiger partial charge >= 0.3 is 0 Å². The van der Waals surface area contributed by atoms with Crippen LogP contribution in [-0.2, 0) is 21.4 Å². The normalized spacial score (nSPS) is 27.6. The van der Waals surface area contributed by atoms with Crippen LogP contribution in [0.5, 0.6) is 5.75 Å². The average molecular weight is 430 g/mol. The Morgan fingerprint density at radius 2 is 1.86 bits per heavy atom. The maximum absolute atomic E-state index is 13.4. The van der Waals surface area contributed by atoms with Crippen LogP contribution >= 0.6 is 0 Å². The number of hydrogen-bond acceptors (Lipinski definition) is 9. The molecule has 0 saturated carbocycles. The molecular formula is C17H19FN2O8S. The molecule has 2 aromatic rings. The van der Waals surface area contributed by atoms with Crippen LogP contribution in [0.25, 0.3) is 11.1 Å². The molecule has 1 aliphatic heterocycles. The maximum Gasteiger partial charge on any atom is 0.295 e. The predicted octanol–water partition coefficient (Wildman–Crippen LogP) is -0.622. The first kappa shape index (κ1) is 21.5. The molecule has 1 unspecified atom stereocenters. The molecule has 2 heterocycles. The number of halogens is 1. The molecular weight excluding hydrogens is 411 g/mol. The number of nitrogens with two attached hydrogens (primary N) is 1. The number of ether oxygens (including phenoxy) is 2. The van der Waals surface area contributed by atoms with E-state index in [4.69, 9.17) is 19.8 Å². The van der Waals surface area contributed by atoms with Crippen molar-refractivity contribution in [3.05, 3.63) is 48.0 Å². The molecule has 29 heavy (non-hydrogen) atoms. The molecule has 1 aliphatic rings. The molecule has 3 rings (SSSR count). The van der Waals surface area contributed by atoms with Gasteiger partial charge in [0.1, 0.15) is 29.9 Å². The number of rotatable bonds is 5. The van der Waals surface area contributed by atoms with E-state index < -0.39 is 46.0 Å². The molecule has 0 aliphatic carbocycles. The van der Waals surface area contributed by atoms with E-state index in [9.17, 15) is 28.1 Å². The second-order valence-electron chi connectivity index (χ2n) is 6.39. The molecule has 12 heteroatoms. The van der Waals surface area contributed by atoms with Gasteiger partial charge in [0.25, 0.3) is 10.1 Å². The molecule has 10 nitrogen and oxygen atoms in total. The SMILES string of the molecule is NCc1cc(F)ccc1-c1cncc(O[C@@H]2OC(S(=O)(=O)O)[C@@H](O)[C@H](O)[C@H]2O)c1. The fraction of sp³-hybridized carbons (Fsp3) is 0.353. The highest BCUT2D eigenvalue weighted by molar-refractivity contribution is 7.86. The summed E-state index contributed by atoms with van der Waals surface area (Å²) in [6.07, 6.45) is -4.92. The minimum Gasteiger partial charge on any atom is -0.460 e. The van der Waals surface area contributed by atoms with Crippen molar-refractivity contribution in [2.45, 2.75) is 36.6 Å². The number of hydrogen-bond donors (Lipinski definition) is 5. The zero-order valence-electron chi connectivity index (χ0n) is 14.8. The summed E-state index contributed by atoms with van der Waals surface area (Å²) in [4.78, 5) is 3.97. The molecule has 1 saturated heterocycles. The first-order chi connectivity index (χ1) is 13.6. The van der Waals surface area contributed by atoms with Crippen LogP contribution in [0.1, 0.15) is 5.56 Å². The third-order valence-electron chi connectivity index (χ3n) is 4.38. The van der Waals surface area contributed by atoms with E-state index in [0.717, 1.165) is 0 Å². The lowest BCUT2D eigenvalue weighted by Crippen LogP contribution is -2.61. The monoisotopic (exact) mass is 430 g/mol. The smallest absolute Gasteiger partial charge is 0.295 e. The lowest BCUT2D eigenvalue weighted by Gasteiger charge is -2.38. The molecule has 0 radical (unpaired) electrons. The summed E-state index contributed by atoms with van der Waals surface area (Å²) in [7, 11) is -4.91. The zero-order valence-corrected chi connectivity index (χ0v) is 15.6. The lowest BCUT2D eigenvalue weighted by molar-refractivity contribution is -0.254. The van der Waals surface area contributed by atoms with Gasteiger partial charge in [0.15, 0.2) is 0 Å². The fourth-order valence-electron chi connectivity index (χ4n) is 2.94. The van der Waals surface area contributed by atoms with E-state index in [1.165, 1.54) is 36.7 Å². The van der Waals surface area contributed by atoms with Crippen LogP contribution in [-0.4, -0.2) is 63.3 Å². The molecule has 1 aromatic heterocycles. The van der Waals surface area contributed by atoms with Gasteiger partial charge in [0.05, 0.1) is 6.20 Å². The number of nitrogens with zero attached hydrogens (tertiary/aromatic N) is 1. The number of aliphatic hydroxyl groups is 3. The van der Waals surface area contributed by atoms with E-state index in [2.05, 4.69) is 4.98 Å². The summed E-state index contributed by atoms with van der Waals surface area (Å²) < 4.78 is 55.6. The summed E-state index contributed by atoms with van der Waals surface area (Å²) in [5, 5.41) is 29.6. The Bertz CT molecular complexity index is 989. The van der Waals surface area contributed by atoms with Crippen molar-refractivity contribution >= 4 is 10.1 Å². The Morgan fingerprint density at radius 1 is 1.14 bits per heavy atom. The predicted molar refractivity (Wildman–Crippen MR) is 96.4 cm³/mol. The molecule has 158 valence electrons. The number of aromatic nitrogens is 1. The highest BCUT2D eigenvalue weighted by Gasteiger charge is 2.50. The minimum absolute atomic E-state index is 0.0107. The molecule has 6 N–H and O–H groups in total. The standard InChI is InChI=1S/C17H19FN2O8S/c18-10-1-2-12(8(3-10)5-19)9-4-11(7-20-6-9)27-16-14(22)13(21)15(23)17(28-16)29(24,25)26/h1-4,6-7,13-17,21-23H,5,19H2,(H,24,25,26)/t13-,14-,15+,16-,17?/m1/s1. The third-order valence-corrected chi connectivity index (χ3v) is 5.36. The summed E-state index contributed by atoms with van der Waals surface area (Å²) >= 11 is 0. The van der Waals surface area contributed by atoms with Crippen molar-refractivity contribution < 1.29 is 42.2 Å². The van der Waals surface area contributed by atoms with E-state index in [1.54, 1.807) is 0 Å². The first-order valence-electron chi connectivity index (χ1n) is 8.38. The van der Waals surface area contributed by atoms with Gasteiger partial charge in [-0.2, -0.15) is 8.42 Å². The Balaban J connectivity index is 1.88. The van der Waals surface area contributed by atoms with Crippen molar-refractivity contribution in [1.82, 2.24) is 4.98 Å². The van der Waals surface area contributed by atoms with Gasteiger partial charge in [-0.15, -0.1) is 0 Å². The van der Waals surface area contributed by atoms with Crippen molar-refractivity contribution in [1.29, 1.82) is 0 Å². The number of pyridine rings is 1. The van der Waals surface area contributed by atoms with Gasteiger partial charge in [-0.3, -0.25) is 9.54 Å². The van der Waals surface area contributed by atoms with E-state index in [1.807, 2.05) is 0 Å². The van der Waals surface area contributed by atoms with Crippen LogP contribution in [0.4, 0.5) is 4.39 Å². The van der Waals surface area contributed by atoms with E-state index in [0.29, 0.717) is 16.7 Å². The highest BCUT2D eigenvalue weighted by atomic mass is 32.2. The zero-order chi connectivity index (χ0) is 21.3. The van der Waals surface area contributed by atoms with Crippen molar-refractivity contribution in [2.75, 3.05) is 0 Å². The molecule has 0 bridgehead atoms. The van der Waals surface area contributed by atoms with Gasteiger partial charge in [-0.25, -0.2) is 4.39 Å². The highest BCUT2D eigenvalue weighted by Crippen LogP contribution is 2.30. The van der Waals surface area contributed by atoms with Gasteiger partial charge in [0.2, 0.25) is 11.7 Å². The summed E-state index contributed by atoms with van der Waals surface area (Å²) in [6.45, 7) is 0.0583. The van der Waals surface area contributed by atoms with Crippen LogP contribution in [0.3, 0.4) is 0 Å². The second kappa shape index (κ2) is 8.28. The molecule has 1 fully saturated rings. The van der Waals surface area contributed by atoms with Gasteiger partial charge in [0, 0.05) is 18.3 Å². The average Bonchev–Trinajstić information content (AvgIpc) is 2.67. The van der Waals surface area contributed by atoms with Crippen molar-refractivity contribution in [3.63, 3.8) is 0 Å². The Hall–Kier alpha value is -2.19. The van der Waals surface area contributed by atoms with Gasteiger partial charge in [-0.1, -0.05) is 6.07 Å². The Labute approximate surface area is 165 Å². The van der Waals surface area contributed by atoms with Gasteiger partial charge < -0.3 is 30.5 Å². The number of aliphatic hydroxyl groups excluding tert-OH is 3. The maximum atomic E-state index is 13.4. The van der Waals surface area contributed by atoms with Gasteiger partial charge in [-0.05, 0) is 29.3 Å². The van der Waals surface area contributed by atoms with E-state index in [-0.39, 0.29) is 12.3 Å². The summed E-state index contributed by atoms with van der Waals surface area (Å²) in [5.74, 6) is -0.450. The lowest BCUT2D eigenvalue weighted by atomic mass is 10.0. The molecule has 0 amide bonds. The summed E-state index contributed by atoms with van der Waals surface area (Å²) in [6, 6.07) is 5.46. The van der Waals surface area contributed by atoms with Crippen LogP contribution in [0, 0.1) is 5.82 Å². The Morgan fingerprint density at radius 3 is 2.52 bits per heavy atom. The third kappa shape index (κ3) is 4.53. The molecule has 0 spiro atoms. The molecule has 5 atom stereocenters. The first-order valence-corrected chi connectivity index (χ1v) is 9.88. The topological polar surface area (TPSA) is 172 Å². The Kier molecular flexibility index (Phi) is 6.14. The quantitative estimate of drug-likeness (QED) is 0.385. The number of benzene rings is 1. The second-order valence-corrected chi connectivity index (χ2v) is 7.89. The van der Waals surface area contributed by atoms with Crippen LogP contribution in [0.15, 0.2) is 36.7 Å². The van der Waals surface area contributed by atoms with Crippen LogP contribution < -0.4 is 10.5 Å². The van der Waals surface area contributed by atoms with Crippen LogP contribution in [0.2, 0.25) is 0 Å². The van der Waals surface area contributed by atoms with Crippen molar-refractivity contribution in [3.8, 4) is 16.9 Å².